The van der Waals surface area contributed by atoms with E-state index in [1.807, 2.05) is 13.0 Å². The fraction of sp³-hybridized carbons (Fsp3) is 0.467. The summed E-state index contributed by atoms with van der Waals surface area (Å²) in [7, 11) is 3.44. The Morgan fingerprint density at radius 3 is 2.60 bits per heavy atom. The Hall–Kier alpha value is -1.88. The summed E-state index contributed by atoms with van der Waals surface area (Å²) < 4.78 is 0. The van der Waals surface area contributed by atoms with E-state index in [9.17, 15) is 9.59 Å². The first-order chi connectivity index (χ1) is 9.49. The molecule has 20 heavy (non-hydrogen) atoms. The Labute approximate surface area is 119 Å². The Bertz CT molecular complexity index is 522. The van der Waals surface area contributed by atoms with Crippen molar-refractivity contribution in [3.05, 3.63) is 29.3 Å². The first kappa shape index (κ1) is 14.5. The van der Waals surface area contributed by atoms with Crippen molar-refractivity contribution in [3.8, 4) is 0 Å². The molecule has 1 aliphatic heterocycles. The van der Waals surface area contributed by atoms with Crippen LogP contribution in [0.25, 0.3) is 0 Å². The van der Waals surface area contributed by atoms with Gasteiger partial charge in [-0.3, -0.25) is 9.59 Å². The summed E-state index contributed by atoms with van der Waals surface area (Å²) in [5.41, 5.74) is 2.15. The summed E-state index contributed by atoms with van der Waals surface area (Å²) in [6.45, 7) is 3.67. The van der Waals surface area contributed by atoms with E-state index in [4.69, 9.17) is 0 Å². The maximum Gasteiger partial charge on any atom is 0.253 e. The van der Waals surface area contributed by atoms with E-state index >= 15 is 0 Å². The summed E-state index contributed by atoms with van der Waals surface area (Å²) in [6, 6.07) is 5.41. The molecule has 0 bridgehead atoms. The van der Waals surface area contributed by atoms with Crippen molar-refractivity contribution >= 4 is 17.5 Å². The summed E-state index contributed by atoms with van der Waals surface area (Å²) in [6.07, 6.45) is 0.526. The number of rotatable bonds is 4. The van der Waals surface area contributed by atoms with Crippen LogP contribution in [0.4, 0.5) is 5.69 Å². The molecule has 2 N–H and O–H groups in total. The molecule has 1 heterocycles. The molecule has 1 fully saturated rings. The quantitative estimate of drug-likeness (QED) is 0.869. The van der Waals surface area contributed by atoms with Crippen LogP contribution in [-0.4, -0.2) is 43.9 Å². The fourth-order valence-electron chi connectivity index (χ4n) is 2.20. The molecule has 2 rings (SSSR count). The molecule has 0 aromatic heterocycles. The standard InChI is InChI=1S/C15H21N3O2/c1-10-12(15(20)18(2)3)5-4-6-13(10)17-14(19)7-11-8-16-9-11/h4-6,11,16H,7-9H2,1-3H3,(H,17,19). The Kier molecular flexibility index (Phi) is 4.39. The van der Waals surface area contributed by atoms with Gasteiger partial charge in [-0.15, -0.1) is 0 Å². The monoisotopic (exact) mass is 275 g/mol. The zero-order valence-electron chi connectivity index (χ0n) is 12.2. The van der Waals surface area contributed by atoms with Crippen LogP contribution in [0.5, 0.6) is 0 Å². The SMILES string of the molecule is Cc1c(NC(=O)CC2CNC2)cccc1C(=O)N(C)C. The highest BCUT2D eigenvalue weighted by Gasteiger charge is 2.21. The van der Waals surface area contributed by atoms with E-state index in [-0.39, 0.29) is 11.8 Å². The maximum atomic E-state index is 12.0. The number of hydrogen-bond acceptors (Lipinski definition) is 3. The fourth-order valence-corrected chi connectivity index (χ4v) is 2.20. The number of amides is 2. The van der Waals surface area contributed by atoms with Crippen molar-refractivity contribution in [2.75, 3.05) is 32.5 Å². The summed E-state index contributed by atoms with van der Waals surface area (Å²) in [5, 5.41) is 6.05. The maximum absolute atomic E-state index is 12.0. The third kappa shape index (κ3) is 3.17. The van der Waals surface area contributed by atoms with Crippen LogP contribution >= 0.6 is 0 Å². The van der Waals surface area contributed by atoms with Gasteiger partial charge < -0.3 is 15.5 Å². The molecule has 1 aromatic rings. The van der Waals surface area contributed by atoms with E-state index < -0.39 is 0 Å². The molecule has 0 spiro atoms. The minimum absolute atomic E-state index is 0.00838. The number of carbonyl (C=O) groups is 2. The van der Waals surface area contributed by atoms with Gasteiger partial charge in [-0.25, -0.2) is 0 Å². The normalized spacial score (nSPS) is 14.6. The van der Waals surface area contributed by atoms with Gasteiger partial charge in [0, 0.05) is 31.8 Å². The lowest BCUT2D eigenvalue weighted by molar-refractivity contribution is -0.117. The first-order valence-electron chi connectivity index (χ1n) is 6.81. The van der Waals surface area contributed by atoms with Gasteiger partial charge in [0.1, 0.15) is 0 Å². The molecule has 0 atom stereocenters. The second kappa shape index (κ2) is 6.05. The predicted octanol–water partition coefficient (Wildman–Crippen LogP) is 1.24. The molecule has 0 unspecified atom stereocenters. The molecular weight excluding hydrogens is 254 g/mol. The molecule has 1 aliphatic rings. The van der Waals surface area contributed by atoms with Gasteiger partial charge in [0.2, 0.25) is 5.91 Å². The minimum atomic E-state index is -0.0539. The van der Waals surface area contributed by atoms with Crippen molar-refractivity contribution in [2.45, 2.75) is 13.3 Å². The van der Waals surface area contributed by atoms with Crippen molar-refractivity contribution < 1.29 is 9.59 Å². The third-order valence-electron chi connectivity index (χ3n) is 3.58. The lowest BCUT2D eigenvalue weighted by atomic mass is 9.98. The largest absolute Gasteiger partial charge is 0.345 e. The molecular formula is C15H21N3O2. The first-order valence-corrected chi connectivity index (χ1v) is 6.81. The van der Waals surface area contributed by atoms with E-state index in [1.54, 1.807) is 26.2 Å². The number of nitrogens with one attached hydrogen (secondary N) is 2. The molecule has 0 saturated carbocycles. The van der Waals surface area contributed by atoms with Crippen LogP contribution in [0.3, 0.4) is 0 Å². The van der Waals surface area contributed by atoms with Crippen molar-refractivity contribution in [2.24, 2.45) is 5.92 Å². The Balaban J connectivity index is 2.09. The van der Waals surface area contributed by atoms with Crippen LogP contribution in [0.1, 0.15) is 22.3 Å². The van der Waals surface area contributed by atoms with E-state index in [0.717, 1.165) is 24.3 Å². The molecule has 108 valence electrons. The van der Waals surface area contributed by atoms with Gasteiger partial charge in [-0.05, 0) is 43.6 Å². The summed E-state index contributed by atoms with van der Waals surface area (Å²) >= 11 is 0. The van der Waals surface area contributed by atoms with Gasteiger partial charge in [0.05, 0.1) is 0 Å². The average Bonchev–Trinajstić information content (AvgIpc) is 2.35. The van der Waals surface area contributed by atoms with Crippen molar-refractivity contribution in [1.82, 2.24) is 10.2 Å². The number of hydrogen-bond donors (Lipinski definition) is 2. The predicted molar refractivity (Wildman–Crippen MR) is 78.8 cm³/mol. The second-order valence-electron chi connectivity index (χ2n) is 5.45. The summed E-state index contributed by atoms with van der Waals surface area (Å²) in [4.78, 5) is 25.5. The highest BCUT2D eigenvalue weighted by atomic mass is 16.2. The Morgan fingerprint density at radius 2 is 2.05 bits per heavy atom. The summed E-state index contributed by atoms with van der Waals surface area (Å²) in [5.74, 6) is 0.387. The molecule has 5 heteroatoms. The smallest absolute Gasteiger partial charge is 0.253 e. The van der Waals surface area contributed by atoms with Gasteiger partial charge in [-0.1, -0.05) is 6.07 Å². The third-order valence-corrected chi connectivity index (χ3v) is 3.58. The van der Waals surface area contributed by atoms with Crippen LogP contribution in [0, 0.1) is 12.8 Å². The van der Waals surface area contributed by atoms with Crippen LogP contribution < -0.4 is 10.6 Å². The van der Waals surface area contributed by atoms with Crippen molar-refractivity contribution in [1.29, 1.82) is 0 Å². The van der Waals surface area contributed by atoms with E-state index in [1.165, 1.54) is 4.90 Å². The van der Waals surface area contributed by atoms with Crippen LogP contribution in [0.2, 0.25) is 0 Å². The van der Waals surface area contributed by atoms with Gasteiger partial charge in [0.25, 0.3) is 5.91 Å². The van der Waals surface area contributed by atoms with E-state index in [0.29, 0.717) is 17.9 Å². The minimum Gasteiger partial charge on any atom is -0.345 e. The number of nitrogens with zero attached hydrogens (tertiary/aromatic N) is 1. The number of anilines is 1. The molecule has 1 aromatic carbocycles. The van der Waals surface area contributed by atoms with Gasteiger partial charge in [-0.2, -0.15) is 0 Å². The number of benzene rings is 1. The molecule has 5 nitrogen and oxygen atoms in total. The molecule has 2 amide bonds. The van der Waals surface area contributed by atoms with Crippen LogP contribution in [-0.2, 0) is 4.79 Å². The average molecular weight is 275 g/mol. The topological polar surface area (TPSA) is 61.4 Å². The lowest BCUT2D eigenvalue weighted by Gasteiger charge is -2.26. The van der Waals surface area contributed by atoms with Crippen LogP contribution in [0.15, 0.2) is 18.2 Å². The number of carbonyl (C=O) groups excluding carboxylic acids is 2. The molecule has 0 radical (unpaired) electrons. The highest BCUT2D eigenvalue weighted by molar-refractivity contribution is 5.99. The Morgan fingerprint density at radius 1 is 1.35 bits per heavy atom. The zero-order valence-corrected chi connectivity index (χ0v) is 12.2. The highest BCUT2D eigenvalue weighted by Crippen LogP contribution is 2.21. The van der Waals surface area contributed by atoms with Gasteiger partial charge >= 0.3 is 0 Å². The van der Waals surface area contributed by atoms with Gasteiger partial charge in [0.15, 0.2) is 0 Å². The van der Waals surface area contributed by atoms with E-state index in [2.05, 4.69) is 10.6 Å². The molecule has 1 saturated heterocycles. The zero-order chi connectivity index (χ0) is 14.7. The van der Waals surface area contributed by atoms with Crippen molar-refractivity contribution in [3.63, 3.8) is 0 Å². The second-order valence-corrected chi connectivity index (χ2v) is 5.45. The lowest BCUT2D eigenvalue weighted by Crippen LogP contribution is -2.43. The molecule has 0 aliphatic carbocycles.